The van der Waals surface area contributed by atoms with Crippen molar-refractivity contribution in [1.82, 2.24) is 5.32 Å². The van der Waals surface area contributed by atoms with Crippen LogP contribution in [0.3, 0.4) is 0 Å². The molecule has 0 amide bonds. The summed E-state index contributed by atoms with van der Waals surface area (Å²) in [6, 6.07) is 0. The molecule has 0 bridgehead atoms. The summed E-state index contributed by atoms with van der Waals surface area (Å²) in [5.41, 5.74) is -1.51. The molecular weight excluding hydrogens is 192 g/mol. The van der Waals surface area contributed by atoms with Crippen molar-refractivity contribution in [2.45, 2.75) is 19.3 Å². The average molecular weight is 205 g/mol. The third kappa shape index (κ3) is 0.960. The van der Waals surface area contributed by atoms with Gasteiger partial charge in [-0.15, -0.1) is 0 Å². The van der Waals surface area contributed by atoms with Gasteiger partial charge < -0.3 is 10.1 Å². The molecule has 5 heteroatoms. The quantitative estimate of drug-likeness (QED) is 0.677. The van der Waals surface area contributed by atoms with E-state index in [0.717, 1.165) is 0 Å². The number of hydrogen-bond donors (Lipinski definition) is 1. The van der Waals surface area contributed by atoms with Crippen LogP contribution in [0.4, 0.5) is 8.78 Å². The summed E-state index contributed by atoms with van der Waals surface area (Å²) in [5.74, 6) is -4.46. The summed E-state index contributed by atoms with van der Waals surface area (Å²) in [6.07, 6.45) is 0.184. The zero-order valence-electron chi connectivity index (χ0n) is 7.98. The minimum Gasteiger partial charge on any atom is -0.465 e. The zero-order chi connectivity index (χ0) is 10.4. The highest BCUT2D eigenvalue weighted by Crippen LogP contribution is 2.69. The fourth-order valence-electron chi connectivity index (χ4n) is 2.35. The Hall–Kier alpha value is -0.710. The first-order valence-corrected chi connectivity index (χ1v) is 4.83. The number of hydrogen-bond acceptors (Lipinski definition) is 3. The van der Waals surface area contributed by atoms with Crippen molar-refractivity contribution in [2.75, 3.05) is 19.7 Å². The second-order valence-corrected chi connectivity index (χ2v) is 3.82. The van der Waals surface area contributed by atoms with Crippen LogP contribution < -0.4 is 5.32 Å². The maximum Gasteiger partial charge on any atom is 0.318 e. The molecule has 2 rings (SSSR count). The third-order valence-electron chi connectivity index (χ3n) is 3.23. The first kappa shape index (κ1) is 9.83. The predicted octanol–water partition coefficient (Wildman–Crippen LogP) is 0.794. The Morgan fingerprint density at radius 1 is 1.64 bits per heavy atom. The van der Waals surface area contributed by atoms with Crippen LogP contribution in [0.2, 0.25) is 0 Å². The van der Waals surface area contributed by atoms with Crippen molar-refractivity contribution < 1.29 is 18.3 Å². The van der Waals surface area contributed by atoms with Crippen LogP contribution in [0, 0.1) is 11.3 Å². The summed E-state index contributed by atoms with van der Waals surface area (Å²) in [7, 11) is 0. The Labute approximate surface area is 80.8 Å². The van der Waals surface area contributed by atoms with Gasteiger partial charge >= 0.3 is 5.97 Å². The fraction of sp³-hybridized carbons (Fsp3) is 0.889. The van der Waals surface area contributed by atoms with E-state index >= 15 is 0 Å². The molecule has 2 fully saturated rings. The molecule has 1 aliphatic carbocycles. The summed E-state index contributed by atoms with van der Waals surface area (Å²) in [6.45, 7) is 2.47. The Balaban J connectivity index is 2.18. The topological polar surface area (TPSA) is 38.3 Å². The predicted molar refractivity (Wildman–Crippen MR) is 45.0 cm³/mol. The second kappa shape index (κ2) is 2.89. The highest BCUT2D eigenvalue weighted by atomic mass is 19.3. The zero-order valence-corrected chi connectivity index (χ0v) is 7.98. The lowest BCUT2D eigenvalue weighted by atomic mass is 9.96. The molecular formula is C9H13F2NO2. The van der Waals surface area contributed by atoms with Gasteiger partial charge in [-0.25, -0.2) is 8.78 Å². The molecule has 14 heavy (non-hydrogen) atoms. The summed E-state index contributed by atoms with van der Waals surface area (Å²) < 4.78 is 31.5. The molecule has 0 radical (unpaired) electrons. The van der Waals surface area contributed by atoms with Crippen LogP contribution in [0.5, 0.6) is 0 Å². The van der Waals surface area contributed by atoms with Crippen LogP contribution in [-0.2, 0) is 9.53 Å². The molecule has 1 saturated carbocycles. The van der Waals surface area contributed by atoms with Crippen molar-refractivity contribution >= 4 is 5.97 Å². The van der Waals surface area contributed by atoms with Crippen LogP contribution in [-0.4, -0.2) is 31.6 Å². The Bertz CT molecular complexity index is 270. The SMILES string of the molecule is CCOC(=O)C12CCNCC1C2(F)F. The van der Waals surface area contributed by atoms with Gasteiger partial charge in [-0.05, 0) is 19.9 Å². The van der Waals surface area contributed by atoms with Gasteiger partial charge in [0.15, 0.2) is 0 Å². The highest BCUT2D eigenvalue weighted by Gasteiger charge is 2.85. The number of ether oxygens (including phenoxy) is 1. The summed E-state index contributed by atoms with van der Waals surface area (Å²) in [5, 5.41) is 2.87. The van der Waals surface area contributed by atoms with Gasteiger partial charge in [0.2, 0.25) is 0 Å². The van der Waals surface area contributed by atoms with Crippen molar-refractivity contribution in [3.63, 3.8) is 0 Å². The number of piperidine rings is 1. The number of halogens is 2. The van der Waals surface area contributed by atoms with Crippen molar-refractivity contribution in [3.05, 3.63) is 0 Å². The smallest absolute Gasteiger partial charge is 0.318 e. The van der Waals surface area contributed by atoms with E-state index in [-0.39, 0.29) is 19.6 Å². The molecule has 2 atom stereocenters. The monoisotopic (exact) mass is 205 g/mol. The molecule has 0 aromatic heterocycles. The van der Waals surface area contributed by atoms with Crippen LogP contribution in [0.15, 0.2) is 0 Å². The molecule has 3 nitrogen and oxygen atoms in total. The minimum atomic E-state index is -2.87. The first-order valence-electron chi connectivity index (χ1n) is 4.83. The van der Waals surface area contributed by atoms with E-state index in [9.17, 15) is 13.6 Å². The van der Waals surface area contributed by atoms with Gasteiger partial charge in [-0.1, -0.05) is 0 Å². The van der Waals surface area contributed by atoms with Gasteiger partial charge in [0.05, 0.1) is 12.5 Å². The van der Waals surface area contributed by atoms with Crippen LogP contribution >= 0.6 is 0 Å². The number of carbonyl (C=O) groups is 1. The van der Waals surface area contributed by atoms with Gasteiger partial charge in [0.25, 0.3) is 5.92 Å². The molecule has 0 spiro atoms. The lowest BCUT2D eigenvalue weighted by Gasteiger charge is -2.18. The fourth-order valence-corrected chi connectivity index (χ4v) is 2.35. The molecule has 1 saturated heterocycles. The maximum atomic E-state index is 13.4. The number of fused-ring (bicyclic) bond motifs is 1. The molecule has 2 unspecified atom stereocenters. The van der Waals surface area contributed by atoms with Gasteiger partial charge in [0, 0.05) is 6.54 Å². The van der Waals surface area contributed by atoms with Crippen molar-refractivity contribution in [2.24, 2.45) is 11.3 Å². The number of nitrogens with one attached hydrogen (secondary N) is 1. The lowest BCUT2D eigenvalue weighted by molar-refractivity contribution is -0.154. The second-order valence-electron chi connectivity index (χ2n) is 3.82. The number of rotatable bonds is 2. The van der Waals surface area contributed by atoms with E-state index in [1.165, 1.54) is 0 Å². The Morgan fingerprint density at radius 2 is 2.36 bits per heavy atom. The lowest BCUT2D eigenvalue weighted by Crippen LogP contribution is -2.35. The van der Waals surface area contributed by atoms with Gasteiger partial charge in [0.1, 0.15) is 5.41 Å². The van der Waals surface area contributed by atoms with E-state index in [2.05, 4.69) is 5.32 Å². The van der Waals surface area contributed by atoms with Crippen LogP contribution in [0.25, 0.3) is 0 Å². The van der Waals surface area contributed by atoms with E-state index in [4.69, 9.17) is 4.74 Å². The molecule has 1 heterocycles. The molecule has 0 aromatic carbocycles. The third-order valence-corrected chi connectivity index (χ3v) is 3.23. The average Bonchev–Trinajstić information content (AvgIpc) is 2.67. The van der Waals surface area contributed by atoms with E-state index < -0.39 is 23.2 Å². The molecule has 2 aliphatic rings. The van der Waals surface area contributed by atoms with E-state index in [0.29, 0.717) is 6.54 Å². The van der Waals surface area contributed by atoms with Crippen molar-refractivity contribution in [3.8, 4) is 0 Å². The number of alkyl halides is 2. The van der Waals surface area contributed by atoms with Crippen LogP contribution in [0.1, 0.15) is 13.3 Å². The largest absolute Gasteiger partial charge is 0.465 e. The summed E-state index contributed by atoms with van der Waals surface area (Å²) in [4.78, 5) is 11.4. The van der Waals surface area contributed by atoms with Gasteiger partial charge in [-0.3, -0.25) is 4.79 Å². The summed E-state index contributed by atoms with van der Waals surface area (Å²) >= 11 is 0. The van der Waals surface area contributed by atoms with Gasteiger partial charge in [-0.2, -0.15) is 0 Å². The van der Waals surface area contributed by atoms with E-state index in [1.54, 1.807) is 6.92 Å². The molecule has 1 aliphatic heterocycles. The van der Waals surface area contributed by atoms with Crippen molar-refractivity contribution in [1.29, 1.82) is 0 Å². The minimum absolute atomic E-state index is 0.164. The highest BCUT2D eigenvalue weighted by molar-refractivity contribution is 5.83. The molecule has 0 aromatic rings. The number of carbonyl (C=O) groups excluding carboxylic acids is 1. The maximum absolute atomic E-state index is 13.4. The Morgan fingerprint density at radius 3 is 2.93 bits per heavy atom. The number of esters is 1. The van der Waals surface area contributed by atoms with E-state index in [1.807, 2.05) is 0 Å². The normalized spacial score (nSPS) is 38.6. The molecule has 80 valence electrons. The first-order chi connectivity index (χ1) is 6.57. The standard InChI is InChI=1S/C9H13F2NO2/c1-2-14-7(13)8-3-4-12-5-6(8)9(8,10)11/h6,12H,2-5H2,1H3. The Kier molecular flexibility index (Phi) is 2.03. The molecule has 1 N–H and O–H groups in total.